The normalized spacial score (nSPS) is 16.2. The van der Waals surface area contributed by atoms with Crippen LogP contribution in [-0.4, -0.2) is 30.3 Å². The molecule has 19 heavy (non-hydrogen) atoms. The van der Waals surface area contributed by atoms with Gasteiger partial charge in [-0.15, -0.1) is 0 Å². The smallest absolute Gasteiger partial charge is 0.250 e. The molecular weight excluding hydrogens is 242 g/mol. The van der Waals surface area contributed by atoms with Crippen molar-refractivity contribution in [3.05, 3.63) is 47.7 Å². The van der Waals surface area contributed by atoms with Crippen LogP contribution in [0.5, 0.6) is 0 Å². The van der Waals surface area contributed by atoms with Gasteiger partial charge in [0.1, 0.15) is 0 Å². The Morgan fingerprint density at radius 2 is 2.16 bits per heavy atom. The van der Waals surface area contributed by atoms with E-state index < -0.39 is 0 Å². The van der Waals surface area contributed by atoms with Gasteiger partial charge in [0.05, 0.1) is 31.1 Å². The third-order valence-electron chi connectivity index (χ3n) is 3.11. The molecule has 2 N–H and O–H groups in total. The Kier molecular flexibility index (Phi) is 4.98. The lowest BCUT2D eigenvalue weighted by atomic mass is 10.1. The fourth-order valence-corrected chi connectivity index (χ4v) is 2.07. The molecule has 0 spiro atoms. The quantitative estimate of drug-likeness (QED) is 0.842. The summed E-state index contributed by atoms with van der Waals surface area (Å²) >= 11 is 0. The van der Waals surface area contributed by atoms with Gasteiger partial charge in [0.25, 0.3) is 5.91 Å². The van der Waals surface area contributed by atoms with E-state index >= 15 is 0 Å². The summed E-state index contributed by atoms with van der Waals surface area (Å²) in [6, 6.07) is 9.54. The maximum absolute atomic E-state index is 12.0. The van der Waals surface area contributed by atoms with Crippen molar-refractivity contribution in [1.29, 1.82) is 0 Å². The molecule has 0 aromatic heterocycles. The molecule has 1 unspecified atom stereocenters. The Bertz CT molecular complexity index is 442. The second-order valence-electron chi connectivity index (χ2n) is 4.66. The van der Waals surface area contributed by atoms with E-state index in [0.717, 1.165) is 18.4 Å². The van der Waals surface area contributed by atoms with Crippen LogP contribution in [0.15, 0.2) is 42.2 Å². The van der Waals surface area contributed by atoms with Gasteiger partial charge in [0, 0.05) is 0 Å². The molecule has 0 fully saturated rings. The molecule has 4 heteroatoms. The Morgan fingerprint density at radius 1 is 1.37 bits per heavy atom. The van der Waals surface area contributed by atoms with Crippen molar-refractivity contribution in [2.75, 3.05) is 13.2 Å². The number of hydrogen-bond acceptors (Lipinski definition) is 3. The number of nitrogens with one attached hydrogen (secondary N) is 1. The lowest BCUT2D eigenvalue weighted by Gasteiger charge is -2.19. The fourth-order valence-electron chi connectivity index (χ4n) is 2.07. The van der Waals surface area contributed by atoms with Gasteiger partial charge in [0.15, 0.2) is 0 Å². The highest BCUT2D eigenvalue weighted by atomic mass is 16.5. The van der Waals surface area contributed by atoms with Crippen LogP contribution in [0.1, 0.15) is 18.4 Å². The van der Waals surface area contributed by atoms with Crippen LogP contribution in [0.2, 0.25) is 0 Å². The molecule has 102 valence electrons. The van der Waals surface area contributed by atoms with Crippen LogP contribution in [0.25, 0.3) is 0 Å². The summed E-state index contributed by atoms with van der Waals surface area (Å²) in [5.41, 5.74) is 1.74. The van der Waals surface area contributed by atoms with E-state index in [0.29, 0.717) is 18.6 Å². The molecular formula is C15H19NO3. The standard InChI is InChI=1S/C15H19NO3/c17-10-14(9-12-5-2-1-3-6-12)16-15(18)13-7-4-8-19-11-13/h1-3,5-6,11,14,17H,4,7-10H2,(H,16,18). The number of rotatable bonds is 5. The number of amides is 1. The van der Waals surface area contributed by atoms with Crippen molar-refractivity contribution < 1.29 is 14.6 Å². The summed E-state index contributed by atoms with van der Waals surface area (Å²) in [7, 11) is 0. The summed E-state index contributed by atoms with van der Waals surface area (Å²) in [5, 5.41) is 12.2. The van der Waals surface area contributed by atoms with Gasteiger partial charge in [-0.3, -0.25) is 4.79 Å². The first-order valence-corrected chi connectivity index (χ1v) is 6.56. The second kappa shape index (κ2) is 6.95. The molecule has 0 saturated carbocycles. The summed E-state index contributed by atoms with van der Waals surface area (Å²) in [5.74, 6) is -0.144. The number of benzene rings is 1. The summed E-state index contributed by atoms with van der Waals surface area (Å²) in [4.78, 5) is 12.0. The van der Waals surface area contributed by atoms with Crippen molar-refractivity contribution in [3.8, 4) is 0 Å². The first-order valence-electron chi connectivity index (χ1n) is 6.56. The highest BCUT2D eigenvalue weighted by Gasteiger charge is 2.17. The van der Waals surface area contributed by atoms with E-state index in [1.54, 1.807) is 0 Å². The van der Waals surface area contributed by atoms with Crippen LogP contribution in [-0.2, 0) is 16.0 Å². The van der Waals surface area contributed by atoms with Crippen LogP contribution < -0.4 is 5.32 Å². The Morgan fingerprint density at radius 3 is 2.79 bits per heavy atom. The largest absolute Gasteiger partial charge is 0.501 e. The van der Waals surface area contributed by atoms with Gasteiger partial charge < -0.3 is 15.2 Å². The predicted octanol–water partition coefficient (Wildman–Crippen LogP) is 1.40. The molecule has 1 aliphatic rings. The minimum absolute atomic E-state index is 0.0746. The molecule has 4 nitrogen and oxygen atoms in total. The van der Waals surface area contributed by atoms with Gasteiger partial charge >= 0.3 is 0 Å². The number of hydrogen-bond donors (Lipinski definition) is 2. The zero-order valence-electron chi connectivity index (χ0n) is 10.8. The molecule has 2 rings (SSSR count). The molecule has 0 radical (unpaired) electrons. The molecule has 0 bridgehead atoms. The van der Waals surface area contributed by atoms with Crippen LogP contribution in [0.4, 0.5) is 0 Å². The summed E-state index contributed by atoms with van der Waals surface area (Å²) in [6.07, 6.45) is 3.74. The number of carbonyl (C=O) groups is 1. The molecule has 0 aliphatic carbocycles. The zero-order valence-corrected chi connectivity index (χ0v) is 10.8. The minimum atomic E-state index is -0.266. The van der Waals surface area contributed by atoms with Crippen molar-refractivity contribution >= 4 is 5.91 Å². The van der Waals surface area contributed by atoms with Crippen LogP contribution >= 0.6 is 0 Å². The number of ether oxygens (including phenoxy) is 1. The summed E-state index contributed by atoms with van der Waals surface area (Å²) in [6.45, 7) is 0.596. The summed E-state index contributed by atoms with van der Waals surface area (Å²) < 4.78 is 5.15. The van der Waals surface area contributed by atoms with Gasteiger partial charge in [-0.05, 0) is 24.8 Å². The molecule has 1 amide bonds. The average molecular weight is 261 g/mol. The second-order valence-corrected chi connectivity index (χ2v) is 4.66. The van der Waals surface area contributed by atoms with Crippen molar-refractivity contribution in [3.63, 3.8) is 0 Å². The van der Waals surface area contributed by atoms with Gasteiger partial charge in [-0.1, -0.05) is 30.3 Å². The molecule has 1 aromatic carbocycles. The first-order chi connectivity index (χ1) is 9.29. The number of carbonyl (C=O) groups excluding carboxylic acids is 1. The highest BCUT2D eigenvalue weighted by Crippen LogP contribution is 2.12. The van der Waals surface area contributed by atoms with E-state index in [2.05, 4.69) is 5.32 Å². The molecule has 1 aromatic rings. The van der Waals surface area contributed by atoms with Crippen molar-refractivity contribution in [2.24, 2.45) is 0 Å². The maximum atomic E-state index is 12.0. The fraction of sp³-hybridized carbons (Fsp3) is 0.400. The lowest BCUT2D eigenvalue weighted by molar-refractivity contribution is -0.119. The topological polar surface area (TPSA) is 58.6 Å². The van der Waals surface area contributed by atoms with E-state index in [4.69, 9.17) is 4.74 Å². The van der Waals surface area contributed by atoms with E-state index in [1.165, 1.54) is 6.26 Å². The van der Waals surface area contributed by atoms with Gasteiger partial charge in [-0.2, -0.15) is 0 Å². The maximum Gasteiger partial charge on any atom is 0.250 e. The van der Waals surface area contributed by atoms with Gasteiger partial charge in [-0.25, -0.2) is 0 Å². The molecule has 1 aliphatic heterocycles. The Balaban J connectivity index is 1.91. The van der Waals surface area contributed by atoms with Crippen LogP contribution in [0, 0.1) is 0 Å². The van der Waals surface area contributed by atoms with Crippen molar-refractivity contribution in [1.82, 2.24) is 5.32 Å². The first kappa shape index (κ1) is 13.6. The SMILES string of the molecule is O=C(NC(CO)Cc1ccccc1)C1=COCCC1. The van der Waals surface area contributed by atoms with E-state index in [1.807, 2.05) is 30.3 Å². The number of aliphatic hydroxyl groups excluding tert-OH is 1. The van der Waals surface area contributed by atoms with Gasteiger partial charge in [0.2, 0.25) is 0 Å². The molecule has 1 heterocycles. The lowest BCUT2D eigenvalue weighted by Crippen LogP contribution is -2.40. The monoisotopic (exact) mass is 261 g/mol. The van der Waals surface area contributed by atoms with Crippen LogP contribution in [0.3, 0.4) is 0 Å². The van der Waals surface area contributed by atoms with E-state index in [-0.39, 0.29) is 18.6 Å². The molecule has 1 atom stereocenters. The zero-order chi connectivity index (χ0) is 13.5. The number of aliphatic hydroxyl groups is 1. The third kappa shape index (κ3) is 4.10. The predicted molar refractivity (Wildman–Crippen MR) is 72.4 cm³/mol. The van der Waals surface area contributed by atoms with Crippen molar-refractivity contribution in [2.45, 2.75) is 25.3 Å². The minimum Gasteiger partial charge on any atom is -0.501 e. The third-order valence-corrected chi connectivity index (χ3v) is 3.11. The average Bonchev–Trinajstić information content (AvgIpc) is 2.48. The van der Waals surface area contributed by atoms with E-state index in [9.17, 15) is 9.90 Å². The Labute approximate surface area is 113 Å². The highest BCUT2D eigenvalue weighted by molar-refractivity contribution is 5.93. The Hall–Kier alpha value is -1.81. The molecule has 0 saturated heterocycles.